The fourth-order valence-electron chi connectivity index (χ4n) is 4.26. The van der Waals surface area contributed by atoms with Crippen LogP contribution in [0.2, 0.25) is 5.02 Å². The van der Waals surface area contributed by atoms with E-state index in [1.165, 1.54) is 0 Å². The summed E-state index contributed by atoms with van der Waals surface area (Å²) in [5.74, 6) is -0.120. The Labute approximate surface area is 211 Å². The molecule has 7 heteroatoms. The second-order valence-electron chi connectivity index (χ2n) is 8.15. The van der Waals surface area contributed by atoms with E-state index in [4.69, 9.17) is 21.3 Å². The molecule has 0 aliphatic carbocycles. The van der Waals surface area contributed by atoms with Crippen molar-refractivity contribution in [2.45, 2.75) is 13.3 Å². The number of carboxylic acids is 1. The van der Waals surface area contributed by atoms with Crippen molar-refractivity contribution in [1.29, 1.82) is 0 Å². The van der Waals surface area contributed by atoms with Gasteiger partial charge >= 0.3 is 5.97 Å². The Balaban J connectivity index is 1.70. The number of halogens is 1. The molecule has 35 heavy (non-hydrogen) atoms. The number of aliphatic carboxylic acids is 1. The Bertz CT molecular complexity index is 1560. The number of nitrogens with zero attached hydrogens (tertiary/aromatic N) is 2. The highest BCUT2D eigenvalue weighted by atomic mass is 35.5. The molecule has 1 N–H and O–H groups in total. The maximum Gasteiger partial charge on any atom is 0.307 e. The molecule has 0 unspecified atom stereocenters. The summed E-state index contributed by atoms with van der Waals surface area (Å²) in [6.45, 7) is 1.94. The Morgan fingerprint density at radius 1 is 1.06 bits per heavy atom. The van der Waals surface area contributed by atoms with Crippen LogP contribution in [0.1, 0.15) is 11.1 Å². The summed E-state index contributed by atoms with van der Waals surface area (Å²) in [6, 6.07) is 19.4. The van der Waals surface area contributed by atoms with Crippen molar-refractivity contribution in [2.75, 3.05) is 7.11 Å². The van der Waals surface area contributed by atoms with Gasteiger partial charge in [-0.3, -0.25) is 9.78 Å². The topological polar surface area (TPSA) is 72.3 Å². The van der Waals surface area contributed by atoms with Gasteiger partial charge in [0.2, 0.25) is 0 Å². The maximum absolute atomic E-state index is 11.7. The normalized spacial score (nSPS) is 11.1. The second kappa shape index (κ2) is 9.49. The summed E-state index contributed by atoms with van der Waals surface area (Å²) in [5, 5.41) is 11.1. The summed E-state index contributed by atoms with van der Waals surface area (Å²) in [6.07, 6.45) is 3.43. The van der Waals surface area contributed by atoms with Gasteiger partial charge in [-0.05, 0) is 59.5 Å². The Kier molecular flexibility index (Phi) is 6.24. The first kappa shape index (κ1) is 23.0. The molecule has 3 aromatic carbocycles. The molecule has 0 aliphatic heterocycles. The molecule has 0 saturated heterocycles. The molecule has 0 atom stereocenters. The summed E-state index contributed by atoms with van der Waals surface area (Å²) in [4.78, 5) is 20.9. The van der Waals surface area contributed by atoms with Crippen LogP contribution in [0.25, 0.3) is 43.0 Å². The lowest BCUT2D eigenvalue weighted by Crippen LogP contribution is -2.04. The minimum atomic E-state index is -0.870. The van der Waals surface area contributed by atoms with Crippen molar-refractivity contribution in [3.8, 4) is 38.6 Å². The van der Waals surface area contributed by atoms with Crippen LogP contribution in [0.5, 0.6) is 5.75 Å². The van der Waals surface area contributed by atoms with E-state index in [0.717, 1.165) is 59.9 Å². The fraction of sp³-hybridized carbons (Fsp3) is 0.107. The third-order valence-electron chi connectivity index (χ3n) is 5.89. The smallest absolute Gasteiger partial charge is 0.307 e. The largest absolute Gasteiger partial charge is 0.496 e. The van der Waals surface area contributed by atoms with E-state index in [-0.39, 0.29) is 6.42 Å². The zero-order chi connectivity index (χ0) is 24.5. The molecule has 0 aliphatic rings. The Morgan fingerprint density at radius 3 is 2.57 bits per heavy atom. The Hall–Kier alpha value is -3.74. The van der Waals surface area contributed by atoms with E-state index in [1.807, 2.05) is 61.5 Å². The monoisotopic (exact) mass is 500 g/mol. The lowest BCUT2D eigenvalue weighted by atomic mass is 9.93. The van der Waals surface area contributed by atoms with E-state index in [0.29, 0.717) is 5.02 Å². The highest BCUT2D eigenvalue weighted by Gasteiger charge is 2.20. The third-order valence-corrected chi connectivity index (χ3v) is 7.28. The molecule has 0 bridgehead atoms. The SMILES string of the molecule is COc1ccncc1-c1cccc(-c2nc3cc(C)c(CC(=O)O)c(-c4ccc(Cl)cc4)c3s2)c1. The zero-order valence-corrected chi connectivity index (χ0v) is 20.7. The number of hydrogen-bond acceptors (Lipinski definition) is 5. The van der Waals surface area contributed by atoms with Gasteiger partial charge in [0.25, 0.3) is 0 Å². The van der Waals surface area contributed by atoms with E-state index >= 15 is 0 Å². The van der Waals surface area contributed by atoms with E-state index < -0.39 is 5.97 Å². The highest BCUT2D eigenvalue weighted by molar-refractivity contribution is 7.22. The van der Waals surface area contributed by atoms with Crippen molar-refractivity contribution in [2.24, 2.45) is 0 Å². The predicted octanol–water partition coefficient (Wildman–Crippen LogP) is 7.29. The van der Waals surface area contributed by atoms with Gasteiger partial charge in [0.15, 0.2) is 0 Å². The predicted molar refractivity (Wildman–Crippen MR) is 141 cm³/mol. The van der Waals surface area contributed by atoms with Crippen LogP contribution in [0.4, 0.5) is 0 Å². The van der Waals surface area contributed by atoms with Gasteiger partial charge in [-0.1, -0.05) is 41.9 Å². The summed E-state index contributed by atoms with van der Waals surface area (Å²) >= 11 is 7.68. The van der Waals surface area contributed by atoms with Crippen LogP contribution in [0.3, 0.4) is 0 Å². The van der Waals surface area contributed by atoms with E-state index in [1.54, 1.807) is 30.8 Å². The first-order valence-electron chi connectivity index (χ1n) is 10.9. The molecule has 0 spiro atoms. The van der Waals surface area contributed by atoms with E-state index in [2.05, 4.69) is 11.1 Å². The number of pyridine rings is 1. The zero-order valence-electron chi connectivity index (χ0n) is 19.1. The van der Waals surface area contributed by atoms with Gasteiger partial charge in [0.05, 0.1) is 23.7 Å². The third kappa shape index (κ3) is 4.50. The summed E-state index contributed by atoms with van der Waals surface area (Å²) < 4.78 is 6.47. The number of methoxy groups -OCH3 is 1. The molecule has 5 rings (SSSR count). The molecule has 174 valence electrons. The molecule has 2 aromatic heterocycles. The van der Waals surface area contributed by atoms with Gasteiger partial charge in [-0.25, -0.2) is 4.98 Å². The average Bonchev–Trinajstić information content (AvgIpc) is 3.28. The van der Waals surface area contributed by atoms with Gasteiger partial charge in [-0.15, -0.1) is 11.3 Å². The number of carbonyl (C=O) groups is 1. The number of rotatable bonds is 6. The number of ether oxygens (including phenoxy) is 1. The van der Waals surface area contributed by atoms with Crippen LogP contribution in [-0.2, 0) is 11.2 Å². The molecular weight excluding hydrogens is 480 g/mol. The quantitative estimate of drug-likeness (QED) is 0.265. The second-order valence-corrected chi connectivity index (χ2v) is 9.58. The molecule has 0 radical (unpaired) electrons. The number of hydrogen-bond donors (Lipinski definition) is 1. The number of aryl methyl sites for hydroxylation is 1. The molecule has 0 saturated carbocycles. The lowest BCUT2D eigenvalue weighted by molar-refractivity contribution is -0.136. The standard InChI is InChI=1S/C28H21ClN2O3S/c1-16-12-23-27(26(21(16)14-25(32)33)17-6-8-20(29)9-7-17)35-28(31-23)19-5-3-4-18(13-19)22-15-30-11-10-24(22)34-2/h3-13,15H,14H2,1-2H3,(H,32,33). The lowest BCUT2D eigenvalue weighted by Gasteiger charge is -2.13. The minimum absolute atomic E-state index is 0.0662. The molecule has 0 amide bonds. The van der Waals surface area contributed by atoms with Crippen LogP contribution in [0, 0.1) is 6.92 Å². The molecule has 0 fully saturated rings. The Morgan fingerprint density at radius 2 is 1.83 bits per heavy atom. The number of benzene rings is 3. The molecule has 5 aromatic rings. The summed E-state index contributed by atoms with van der Waals surface area (Å²) in [5.41, 5.74) is 7.19. The fourth-order valence-corrected chi connectivity index (χ4v) is 5.52. The van der Waals surface area contributed by atoms with Crippen molar-refractivity contribution >= 4 is 39.1 Å². The summed E-state index contributed by atoms with van der Waals surface area (Å²) in [7, 11) is 1.64. The van der Waals surface area contributed by atoms with Crippen molar-refractivity contribution < 1.29 is 14.6 Å². The van der Waals surface area contributed by atoms with Crippen molar-refractivity contribution in [3.05, 3.63) is 89.2 Å². The first-order valence-corrected chi connectivity index (χ1v) is 12.1. The van der Waals surface area contributed by atoms with Crippen molar-refractivity contribution in [1.82, 2.24) is 9.97 Å². The molecule has 5 nitrogen and oxygen atoms in total. The first-order chi connectivity index (χ1) is 16.9. The van der Waals surface area contributed by atoms with Crippen LogP contribution in [-0.4, -0.2) is 28.2 Å². The number of carboxylic acid groups (broad SMARTS) is 1. The molecule has 2 heterocycles. The van der Waals surface area contributed by atoms with Crippen molar-refractivity contribution in [3.63, 3.8) is 0 Å². The van der Waals surface area contributed by atoms with Gasteiger partial charge in [-0.2, -0.15) is 0 Å². The maximum atomic E-state index is 11.7. The van der Waals surface area contributed by atoms with E-state index in [9.17, 15) is 9.90 Å². The van der Waals surface area contributed by atoms with Gasteiger partial charge in [0, 0.05) is 34.1 Å². The number of thiazole rings is 1. The van der Waals surface area contributed by atoms with Crippen LogP contribution in [0.15, 0.2) is 73.1 Å². The van der Waals surface area contributed by atoms with Crippen LogP contribution < -0.4 is 4.74 Å². The molecular formula is C28H21ClN2O3S. The number of aromatic nitrogens is 2. The highest BCUT2D eigenvalue weighted by Crippen LogP contribution is 2.42. The number of fused-ring (bicyclic) bond motifs is 1. The van der Waals surface area contributed by atoms with Crippen LogP contribution >= 0.6 is 22.9 Å². The van der Waals surface area contributed by atoms with Gasteiger partial charge < -0.3 is 9.84 Å². The minimum Gasteiger partial charge on any atom is -0.496 e. The average molecular weight is 501 g/mol. The van der Waals surface area contributed by atoms with Gasteiger partial charge in [0.1, 0.15) is 10.8 Å².